The van der Waals surface area contributed by atoms with Crippen LogP contribution in [0.15, 0.2) is 103 Å². The van der Waals surface area contributed by atoms with E-state index >= 15 is 0 Å². The molecule has 0 saturated carbocycles. The number of rotatable bonds is 10. The lowest BCUT2D eigenvalue weighted by atomic mass is 9.98. The minimum atomic E-state index is -3.35. The van der Waals surface area contributed by atoms with E-state index in [1.165, 1.54) is 7.11 Å². The van der Waals surface area contributed by atoms with Crippen molar-refractivity contribution >= 4 is 38.3 Å². The smallest absolute Gasteiger partial charge is 0.337 e. The number of aromatic nitrogens is 1. The third-order valence-corrected chi connectivity index (χ3v) is 9.46. The molecule has 210 valence electrons. The number of esters is 1. The Morgan fingerprint density at radius 1 is 0.829 bits per heavy atom. The molecule has 0 fully saturated rings. The average Bonchev–Trinajstić information content (AvgIpc) is 3.26. The highest BCUT2D eigenvalue weighted by Gasteiger charge is 2.24. The molecule has 1 heterocycles. The van der Waals surface area contributed by atoms with Gasteiger partial charge >= 0.3 is 5.97 Å². The highest BCUT2D eigenvalue weighted by Crippen LogP contribution is 2.37. The summed E-state index contributed by atoms with van der Waals surface area (Å²) in [7, 11) is -2.02. The molecule has 0 saturated heterocycles. The van der Waals surface area contributed by atoms with Gasteiger partial charge in [0.1, 0.15) is 0 Å². The van der Waals surface area contributed by atoms with Crippen LogP contribution in [0.2, 0.25) is 5.02 Å². The van der Waals surface area contributed by atoms with Gasteiger partial charge in [0.2, 0.25) is 0 Å². The molecule has 0 N–H and O–H groups in total. The van der Waals surface area contributed by atoms with Crippen molar-refractivity contribution in [3.8, 4) is 0 Å². The van der Waals surface area contributed by atoms with Crippen molar-refractivity contribution in [2.45, 2.75) is 25.8 Å². The Hall–Kier alpha value is -3.87. The number of fused-ring (bicyclic) bond motifs is 1. The maximum Gasteiger partial charge on any atom is 0.337 e. The third-order valence-electron chi connectivity index (χ3n) is 7.57. The predicted octanol–water partition coefficient (Wildman–Crippen LogP) is 7.23. The number of benzene rings is 4. The molecule has 4 aromatic carbocycles. The van der Waals surface area contributed by atoms with Crippen LogP contribution in [-0.2, 0) is 27.4 Å². The molecule has 0 bridgehead atoms. The van der Waals surface area contributed by atoms with Gasteiger partial charge in [-0.15, -0.1) is 0 Å². The monoisotopic (exact) mass is 585 g/mol. The van der Waals surface area contributed by atoms with Gasteiger partial charge in [-0.1, -0.05) is 84.4 Å². The van der Waals surface area contributed by atoms with Gasteiger partial charge < -0.3 is 9.30 Å². The summed E-state index contributed by atoms with van der Waals surface area (Å²) >= 11 is 6.46. The van der Waals surface area contributed by atoms with E-state index in [0.29, 0.717) is 23.4 Å². The number of sulfone groups is 1. The number of methoxy groups -OCH3 is 1. The molecule has 1 aromatic heterocycles. The van der Waals surface area contributed by atoms with Gasteiger partial charge in [0.05, 0.1) is 30.2 Å². The molecule has 0 unspecified atom stereocenters. The Balaban J connectivity index is 1.45. The van der Waals surface area contributed by atoms with Crippen LogP contribution in [0.5, 0.6) is 0 Å². The Morgan fingerprint density at radius 3 is 2.00 bits per heavy atom. The summed E-state index contributed by atoms with van der Waals surface area (Å²) in [5.41, 5.74) is 6.61. The van der Waals surface area contributed by atoms with Gasteiger partial charge in [-0.05, 0) is 72.4 Å². The molecular weight excluding hydrogens is 554 g/mol. The van der Waals surface area contributed by atoms with Crippen molar-refractivity contribution in [1.29, 1.82) is 0 Å². The van der Waals surface area contributed by atoms with Gasteiger partial charge in [0.25, 0.3) is 0 Å². The summed E-state index contributed by atoms with van der Waals surface area (Å²) in [5, 5.41) is 1.59. The third kappa shape index (κ3) is 6.39. The van der Waals surface area contributed by atoms with E-state index in [1.807, 2.05) is 54.6 Å². The van der Waals surface area contributed by atoms with Crippen molar-refractivity contribution in [2.75, 3.05) is 18.6 Å². The first-order valence-corrected chi connectivity index (χ1v) is 15.7. The number of nitrogens with zero attached hydrogens (tertiary/aromatic N) is 1. The van der Waals surface area contributed by atoms with Gasteiger partial charge in [-0.3, -0.25) is 0 Å². The maximum atomic E-state index is 13.2. The molecule has 5 rings (SSSR count). The second kappa shape index (κ2) is 12.3. The van der Waals surface area contributed by atoms with E-state index in [9.17, 15) is 13.2 Å². The van der Waals surface area contributed by atoms with Crippen LogP contribution in [0.4, 0.5) is 0 Å². The van der Waals surface area contributed by atoms with Gasteiger partial charge in [0, 0.05) is 21.6 Å². The summed E-state index contributed by atoms with van der Waals surface area (Å²) in [5.74, 6) is -0.360. The normalized spacial score (nSPS) is 11.7. The largest absolute Gasteiger partial charge is 0.465 e. The lowest BCUT2D eigenvalue weighted by Gasteiger charge is -2.23. The molecule has 0 aliphatic carbocycles. The van der Waals surface area contributed by atoms with Crippen LogP contribution in [-0.4, -0.2) is 37.6 Å². The number of carbonyl (C=O) groups excluding carboxylic acids is 1. The van der Waals surface area contributed by atoms with Crippen molar-refractivity contribution in [2.24, 2.45) is 0 Å². The number of ether oxygens (including phenoxy) is 1. The topological polar surface area (TPSA) is 65.4 Å². The quantitative estimate of drug-likeness (QED) is 0.162. The van der Waals surface area contributed by atoms with E-state index in [1.54, 1.807) is 24.3 Å². The molecule has 0 atom stereocenters. The minimum absolute atomic E-state index is 0.0275. The average molecular weight is 586 g/mol. The molecule has 0 spiro atoms. The van der Waals surface area contributed by atoms with Crippen LogP contribution >= 0.6 is 11.6 Å². The van der Waals surface area contributed by atoms with Crippen LogP contribution < -0.4 is 0 Å². The second-order valence-corrected chi connectivity index (χ2v) is 12.9. The minimum Gasteiger partial charge on any atom is -0.465 e. The van der Waals surface area contributed by atoms with Gasteiger partial charge in [-0.25, -0.2) is 13.2 Å². The molecular formula is C34H32ClNO4S. The van der Waals surface area contributed by atoms with Crippen molar-refractivity contribution in [3.63, 3.8) is 0 Å². The molecule has 0 radical (unpaired) electrons. The fourth-order valence-electron chi connectivity index (χ4n) is 5.45. The highest BCUT2D eigenvalue weighted by molar-refractivity contribution is 7.91. The zero-order valence-electron chi connectivity index (χ0n) is 23.1. The standard InChI is InChI=1S/C34H32ClNO4S/c1-24-30(20-22-41(38,39)21-19-25-13-15-28(16-14-25)34(37)40-2)31-23-29(35)17-18-32(31)36(24)33(26-9-5-3-6-10-26)27-11-7-4-8-12-27/h3-18,23,33H,19-22H2,1-2H3. The molecule has 0 amide bonds. The predicted molar refractivity (Wildman–Crippen MR) is 166 cm³/mol. The number of aryl methyl sites for hydroxylation is 2. The number of hydrogen-bond acceptors (Lipinski definition) is 4. The molecule has 5 aromatic rings. The molecule has 7 heteroatoms. The lowest BCUT2D eigenvalue weighted by molar-refractivity contribution is 0.0600. The van der Waals surface area contributed by atoms with Crippen molar-refractivity contribution in [1.82, 2.24) is 4.57 Å². The Labute approximate surface area is 246 Å². The fraction of sp³-hybridized carbons (Fsp3) is 0.206. The Morgan fingerprint density at radius 2 is 1.41 bits per heavy atom. The molecule has 0 aliphatic rings. The van der Waals surface area contributed by atoms with Crippen LogP contribution in [0.3, 0.4) is 0 Å². The van der Waals surface area contributed by atoms with E-state index in [0.717, 1.165) is 38.9 Å². The summed E-state index contributed by atoms with van der Waals surface area (Å²) < 4.78 is 33.4. The molecule has 0 aliphatic heterocycles. The molecule has 5 nitrogen and oxygen atoms in total. The SMILES string of the molecule is COC(=O)c1ccc(CCS(=O)(=O)CCc2c(C)n(C(c3ccccc3)c3ccccc3)c3ccc(Cl)cc23)cc1. The van der Waals surface area contributed by atoms with Crippen LogP contribution in [0.1, 0.15) is 44.3 Å². The van der Waals surface area contributed by atoms with E-state index < -0.39 is 15.8 Å². The molecule has 41 heavy (non-hydrogen) atoms. The highest BCUT2D eigenvalue weighted by atomic mass is 35.5. The summed E-state index contributed by atoms with van der Waals surface area (Å²) in [4.78, 5) is 11.7. The van der Waals surface area contributed by atoms with Crippen molar-refractivity contribution in [3.05, 3.63) is 142 Å². The first-order valence-electron chi connectivity index (χ1n) is 13.5. The maximum absolute atomic E-state index is 13.2. The first-order chi connectivity index (χ1) is 19.8. The summed E-state index contributed by atoms with van der Waals surface area (Å²) in [6.07, 6.45) is 0.760. The van der Waals surface area contributed by atoms with Crippen molar-refractivity contribution < 1.29 is 17.9 Å². The number of hydrogen-bond donors (Lipinski definition) is 0. The Kier molecular flexibility index (Phi) is 8.62. The zero-order chi connectivity index (χ0) is 29.0. The summed E-state index contributed by atoms with van der Waals surface area (Å²) in [6.45, 7) is 2.07. The fourth-order valence-corrected chi connectivity index (χ4v) is 6.89. The van der Waals surface area contributed by atoms with Gasteiger partial charge in [0.15, 0.2) is 9.84 Å². The zero-order valence-corrected chi connectivity index (χ0v) is 24.7. The van der Waals surface area contributed by atoms with E-state index in [-0.39, 0.29) is 17.5 Å². The lowest BCUT2D eigenvalue weighted by Crippen LogP contribution is -2.16. The number of carbonyl (C=O) groups is 1. The summed E-state index contributed by atoms with van der Waals surface area (Å²) in [6, 6.07) is 33.3. The van der Waals surface area contributed by atoms with Crippen LogP contribution in [0.25, 0.3) is 10.9 Å². The first kappa shape index (κ1) is 28.7. The second-order valence-electron chi connectivity index (χ2n) is 10.2. The number of halogens is 1. The Bertz CT molecular complexity index is 1720. The van der Waals surface area contributed by atoms with Crippen LogP contribution in [0, 0.1) is 6.92 Å². The van der Waals surface area contributed by atoms with E-state index in [2.05, 4.69) is 35.8 Å². The van der Waals surface area contributed by atoms with Gasteiger partial charge in [-0.2, -0.15) is 0 Å². The van der Waals surface area contributed by atoms with E-state index in [4.69, 9.17) is 16.3 Å².